The third-order valence-electron chi connectivity index (χ3n) is 2.81. The van der Waals surface area contributed by atoms with Crippen molar-refractivity contribution in [2.24, 2.45) is 12.9 Å². The van der Waals surface area contributed by atoms with Crippen molar-refractivity contribution < 1.29 is 9.47 Å². The highest BCUT2D eigenvalue weighted by Gasteiger charge is 2.19. The summed E-state index contributed by atoms with van der Waals surface area (Å²) in [5.41, 5.74) is 4.76. The molecule has 8 heteroatoms. The van der Waals surface area contributed by atoms with E-state index in [4.69, 9.17) is 15.3 Å². The molecule has 0 radical (unpaired) electrons. The third-order valence-corrected chi connectivity index (χ3v) is 2.81. The van der Waals surface area contributed by atoms with Gasteiger partial charge in [0.05, 0.1) is 25.1 Å². The van der Waals surface area contributed by atoms with Gasteiger partial charge in [-0.15, -0.1) is 0 Å². The van der Waals surface area contributed by atoms with Crippen molar-refractivity contribution in [2.45, 2.75) is 13.5 Å². The van der Waals surface area contributed by atoms with Crippen molar-refractivity contribution in [2.75, 3.05) is 19.6 Å². The quantitative estimate of drug-likeness (QED) is 0.611. The number of aryl methyl sites for hydroxylation is 2. The minimum atomic E-state index is 0.367. The Morgan fingerprint density at radius 3 is 2.70 bits per heavy atom. The molecule has 3 N–H and O–H groups in total. The van der Waals surface area contributed by atoms with E-state index in [1.54, 1.807) is 32.0 Å². The van der Waals surface area contributed by atoms with Crippen molar-refractivity contribution in [3.63, 3.8) is 0 Å². The van der Waals surface area contributed by atoms with Gasteiger partial charge in [0, 0.05) is 20.2 Å². The van der Waals surface area contributed by atoms with Gasteiger partial charge in [-0.2, -0.15) is 5.10 Å². The average Bonchev–Trinajstić information content (AvgIpc) is 2.72. The Morgan fingerprint density at radius 2 is 2.10 bits per heavy atom. The number of nitrogens with two attached hydrogens (primary N) is 1. The van der Waals surface area contributed by atoms with E-state index >= 15 is 0 Å². The second-order valence-corrected chi connectivity index (χ2v) is 4.24. The topological polar surface area (TPSA) is 100 Å². The van der Waals surface area contributed by atoms with E-state index in [-0.39, 0.29) is 0 Å². The molecule has 0 atom stereocenters. The van der Waals surface area contributed by atoms with Gasteiger partial charge in [-0.1, -0.05) is 0 Å². The molecule has 0 unspecified atom stereocenters. The lowest BCUT2D eigenvalue weighted by molar-refractivity contribution is 0.181. The Morgan fingerprint density at radius 1 is 1.35 bits per heavy atom. The van der Waals surface area contributed by atoms with Crippen molar-refractivity contribution >= 4 is 5.82 Å². The van der Waals surface area contributed by atoms with Crippen LogP contribution in [0.4, 0.5) is 5.82 Å². The zero-order valence-electron chi connectivity index (χ0n) is 12.0. The van der Waals surface area contributed by atoms with E-state index in [0.29, 0.717) is 24.1 Å². The van der Waals surface area contributed by atoms with Crippen LogP contribution in [0.15, 0.2) is 6.07 Å². The molecule has 2 heterocycles. The molecule has 0 fully saturated rings. The van der Waals surface area contributed by atoms with E-state index in [1.165, 1.54) is 0 Å². The second kappa shape index (κ2) is 5.85. The van der Waals surface area contributed by atoms with Crippen molar-refractivity contribution in [3.05, 3.63) is 17.5 Å². The summed E-state index contributed by atoms with van der Waals surface area (Å²) in [6, 6.07) is 1.73. The van der Waals surface area contributed by atoms with Gasteiger partial charge in [-0.25, -0.2) is 20.5 Å². The fourth-order valence-electron chi connectivity index (χ4n) is 2.03. The summed E-state index contributed by atoms with van der Waals surface area (Å²) < 4.78 is 12.1. The van der Waals surface area contributed by atoms with Gasteiger partial charge in [-0.3, -0.25) is 0 Å². The van der Waals surface area contributed by atoms with Gasteiger partial charge >= 0.3 is 0 Å². The Labute approximate surface area is 116 Å². The van der Waals surface area contributed by atoms with E-state index in [1.807, 2.05) is 6.92 Å². The molecular formula is C12H18N6O2. The first kappa shape index (κ1) is 14.2. The molecular weight excluding hydrogens is 260 g/mol. The summed E-state index contributed by atoms with van der Waals surface area (Å²) >= 11 is 0. The van der Waals surface area contributed by atoms with Gasteiger partial charge in [0.25, 0.3) is 0 Å². The van der Waals surface area contributed by atoms with Crippen LogP contribution in [0.5, 0.6) is 5.88 Å². The lowest BCUT2D eigenvalue weighted by atomic mass is 10.2. The Kier molecular flexibility index (Phi) is 4.16. The maximum Gasteiger partial charge on any atom is 0.222 e. The maximum absolute atomic E-state index is 5.44. The number of aromatic nitrogens is 4. The number of hydrogen-bond acceptors (Lipinski definition) is 7. The summed E-state index contributed by atoms with van der Waals surface area (Å²) in [5, 5.41) is 4.32. The average molecular weight is 278 g/mol. The van der Waals surface area contributed by atoms with E-state index in [2.05, 4.69) is 20.5 Å². The number of ether oxygens (including phenoxy) is 2. The van der Waals surface area contributed by atoms with Crippen LogP contribution < -0.4 is 16.0 Å². The Hall–Kier alpha value is -2.19. The summed E-state index contributed by atoms with van der Waals surface area (Å²) in [6.45, 7) is 2.24. The number of rotatable bonds is 5. The monoisotopic (exact) mass is 278 g/mol. The lowest BCUT2D eigenvalue weighted by Gasteiger charge is -2.08. The zero-order valence-corrected chi connectivity index (χ0v) is 12.0. The molecule has 0 aliphatic carbocycles. The van der Waals surface area contributed by atoms with Crippen LogP contribution in [0.2, 0.25) is 0 Å². The third kappa shape index (κ3) is 2.56. The summed E-state index contributed by atoms with van der Waals surface area (Å²) in [5.74, 6) is 7.04. The fraction of sp³-hybridized carbons (Fsp3) is 0.417. The molecule has 2 aromatic rings. The first-order valence-corrected chi connectivity index (χ1v) is 6.02. The van der Waals surface area contributed by atoms with Crippen molar-refractivity contribution in [1.82, 2.24) is 19.7 Å². The van der Waals surface area contributed by atoms with E-state index in [9.17, 15) is 0 Å². The molecule has 0 aliphatic rings. The van der Waals surface area contributed by atoms with Gasteiger partial charge in [0.2, 0.25) is 5.88 Å². The minimum Gasteiger partial charge on any atom is -0.481 e. The zero-order chi connectivity index (χ0) is 14.7. The highest BCUT2D eigenvalue weighted by Crippen LogP contribution is 2.30. The molecule has 2 rings (SSSR count). The van der Waals surface area contributed by atoms with Crippen LogP contribution >= 0.6 is 0 Å². The van der Waals surface area contributed by atoms with Gasteiger partial charge in [0.1, 0.15) is 11.4 Å². The SMILES string of the molecule is COCc1cc(NN)nc(-c2c(C)nn(C)c2OC)n1. The summed E-state index contributed by atoms with van der Waals surface area (Å²) in [7, 11) is 4.99. The smallest absolute Gasteiger partial charge is 0.222 e. The van der Waals surface area contributed by atoms with Crippen LogP contribution in [0.25, 0.3) is 11.4 Å². The van der Waals surface area contributed by atoms with Crippen LogP contribution in [0.3, 0.4) is 0 Å². The number of anilines is 1. The molecule has 20 heavy (non-hydrogen) atoms. The van der Waals surface area contributed by atoms with Crippen molar-refractivity contribution in [3.8, 4) is 17.3 Å². The second-order valence-electron chi connectivity index (χ2n) is 4.24. The maximum atomic E-state index is 5.44. The van der Waals surface area contributed by atoms with Crippen LogP contribution in [0.1, 0.15) is 11.4 Å². The van der Waals surface area contributed by atoms with Crippen molar-refractivity contribution in [1.29, 1.82) is 0 Å². The van der Waals surface area contributed by atoms with E-state index < -0.39 is 0 Å². The number of nitrogens with zero attached hydrogens (tertiary/aromatic N) is 4. The molecule has 2 aromatic heterocycles. The molecule has 0 aromatic carbocycles. The fourth-order valence-corrected chi connectivity index (χ4v) is 2.03. The molecule has 108 valence electrons. The van der Waals surface area contributed by atoms with E-state index in [0.717, 1.165) is 17.0 Å². The number of nitrogens with one attached hydrogen (secondary N) is 1. The van der Waals surface area contributed by atoms with Crippen LogP contribution in [-0.4, -0.2) is 34.0 Å². The highest BCUT2D eigenvalue weighted by molar-refractivity contribution is 5.66. The lowest BCUT2D eigenvalue weighted by Crippen LogP contribution is -2.11. The molecule has 0 saturated carbocycles. The Bertz CT molecular complexity index is 610. The van der Waals surface area contributed by atoms with Gasteiger partial charge in [-0.05, 0) is 6.92 Å². The molecule has 8 nitrogen and oxygen atoms in total. The number of hydrogen-bond donors (Lipinski definition) is 2. The number of methoxy groups -OCH3 is 2. The predicted molar refractivity (Wildman–Crippen MR) is 74.0 cm³/mol. The molecule has 0 bridgehead atoms. The normalized spacial score (nSPS) is 10.7. The van der Waals surface area contributed by atoms with Gasteiger partial charge < -0.3 is 14.9 Å². The van der Waals surface area contributed by atoms with Gasteiger partial charge in [0.15, 0.2) is 5.82 Å². The molecule has 0 amide bonds. The standard InChI is InChI=1S/C12H18N6O2/c1-7-10(12(20-4)18(2)17-7)11-14-8(6-19-3)5-9(15-11)16-13/h5H,6,13H2,1-4H3,(H,14,15,16). The minimum absolute atomic E-state index is 0.367. The summed E-state index contributed by atoms with van der Waals surface area (Å²) in [4.78, 5) is 8.81. The summed E-state index contributed by atoms with van der Waals surface area (Å²) in [6.07, 6.45) is 0. The number of nitrogen functional groups attached to an aromatic ring is 1. The van der Waals surface area contributed by atoms with Crippen LogP contribution in [-0.2, 0) is 18.4 Å². The first-order valence-electron chi connectivity index (χ1n) is 6.02. The number of hydrazine groups is 1. The molecule has 0 saturated heterocycles. The Balaban J connectivity index is 2.59. The van der Waals surface area contributed by atoms with Crippen LogP contribution in [0, 0.1) is 6.92 Å². The largest absolute Gasteiger partial charge is 0.481 e. The first-order chi connectivity index (χ1) is 9.60. The predicted octanol–water partition coefficient (Wildman–Crippen LogP) is 0.626. The molecule has 0 spiro atoms. The molecule has 0 aliphatic heterocycles. The highest BCUT2D eigenvalue weighted by atomic mass is 16.5.